The Morgan fingerprint density at radius 3 is 1.83 bits per heavy atom. The topological polar surface area (TPSA) is 67.1 Å². The number of benzene rings is 7. The third-order valence-electron chi connectivity index (χ3n) is 11.4. The molecule has 0 spiro atoms. The second-order valence-electron chi connectivity index (χ2n) is 15.0. The maximum atomic E-state index is 5.35. The van der Waals surface area contributed by atoms with Crippen molar-refractivity contribution in [1.29, 1.82) is 0 Å². The molecule has 4 heterocycles. The molecule has 2 aromatic heterocycles. The van der Waals surface area contributed by atoms with E-state index >= 15 is 0 Å². The molecule has 0 bridgehead atoms. The molecule has 11 rings (SSSR count). The van der Waals surface area contributed by atoms with Crippen molar-refractivity contribution >= 4 is 44.1 Å². The summed E-state index contributed by atoms with van der Waals surface area (Å²) in [5.74, 6) is 1.79. The van der Waals surface area contributed by atoms with E-state index in [0.29, 0.717) is 0 Å². The van der Waals surface area contributed by atoms with E-state index in [2.05, 4.69) is 196 Å². The van der Waals surface area contributed by atoms with Gasteiger partial charge in [0.05, 0.1) is 22.8 Å². The van der Waals surface area contributed by atoms with Crippen molar-refractivity contribution in [3.8, 4) is 27.9 Å². The van der Waals surface area contributed by atoms with Gasteiger partial charge in [-0.05, 0) is 80.7 Å². The lowest BCUT2D eigenvalue weighted by Crippen LogP contribution is -2.31. The minimum Gasteiger partial charge on any atom is -0.378 e. The minimum atomic E-state index is -0.0901. The van der Waals surface area contributed by atoms with Gasteiger partial charge in [-0.3, -0.25) is 9.55 Å². The van der Waals surface area contributed by atoms with Crippen LogP contribution in [0.5, 0.6) is 0 Å². The molecule has 6 nitrogen and oxygen atoms in total. The highest BCUT2D eigenvalue weighted by molar-refractivity contribution is 6.23. The molecular weight excluding hydrogens is 721 g/mol. The molecule has 0 fully saturated rings. The average Bonchev–Trinajstić information content (AvgIpc) is 3.74. The van der Waals surface area contributed by atoms with Gasteiger partial charge < -0.3 is 10.6 Å². The second-order valence-corrected chi connectivity index (χ2v) is 15.0. The molecule has 2 unspecified atom stereocenters. The van der Waals surface area contributed by atoms with Gasteiger partial charge in [-0.2, -0.15) is 0 Å². The van der Waals surface area contributed by atoms with Gasteiger partial charge in [-0.15, -0.1) is 0 Å². The van der Waals surface area contributed by atoms with Crippen molar-refractivity contribution in [3.05, 3.63) is 229 Å². The van der Waals surface area contributed by atoms with Gasteiger partial charge in [0.15, 0.2) is 0 Å². The van der Waals surface area contributed by atoms with Gasteiger partial charge in [-0.25, -0.2) is 9.98 Å². The Labute approximate surface area is 342 Å². The number of nitrogens with one attached hydrogen (secondary N) is 2. The lowest BCUT2D eigenvalue weighted by Gasteiger charge is -2.24. The summed E-state index contributed by atoms with van der Waals surface area (Å²) in [4.78, 5) is 15.0. The molecule has 0 saturated heterocycles. The van der Waals surface area contributed by atoms with Gasteiger partial charge in [-0.1, -0.05) is 158 Å². The van der Waals surface area contributed by atoms with E-state index in [4.69, 9.17) is 9.98 Å². The molecule has 9 aromatic rings. The molecule has 2 aliphatic rings. The van der Waals surface area contributed by atoms with E-state index in [1.165, 1.54) is 22.1 Å². The van der Waals surface area contributed by atoms with E-state index in [1.807, 2.05) is 30.7 Å². The van der Waals surface area contributed by atoms with Gasteiger partial charge >= 0.3 is 0 Å². The average molecular weight is 759 g/mol. The zero-order valence-corrected chi connectivity index (χ0v) is 32.1. The number of aromatic nitrogens is 3. The number of allylic oxidation sites excluding steroid dienone is 2. The summed E-state index contributed by atoms with van der Waals surface area (Å²) in [5, 5.41) is 11.8. The fourth-order valence-electron chi connectivity index (χ4n) is 8.46. The molecule has 6 heteroatoms. The van der Waals surface area contributed by atoms with Crippen molar-refractivity contribution in [3.63, 3.8) is 0 Å². The highest BCUT2D eigenvalue weighted by Crippen LogP contribution is 2.39. The lowest BCUT2D eigenvalue weighted by molar-refractivity contribution is 0.682. The molecule has 2 aliphatic heterocycles. The molecule has 0 aliphatic carbocycles. The normalized spacial score (nSPS) is 16.1. The summed E-state index contributed by atoms with van der Waals surface area (Å²) in [6.45, 7) is 0. The number of imidazole rings is 1. The summed E-state index contributed by atoms with van der Waals surface area (Å²) in [6.07, 6.45) is 14.3. The molecule has 0 saturated carbocycles. The summed E-state index contributed by atoms with van der Waals surface area (Å²) in [7, 11) is 0. The van der Waals surface area contributed by atoms with Gasteiger partial charge in [0, 0.05) is 34.4 Å². The predicted octanol–water partition coefficient (Wildman–Crippen LogP) is 11.9. The van der Waals surface area contributed by atoms with Gasteiger partial charge in [0.1, 0.15) is 17.7 Å². The Morgan fingerprint density at radius 2 is 1.12 bits per heavy atom. The van der Waals surface area contributed by atoms with E-state index in [-0.39, 0.29) is 12.1 Å². The predicted molar refractivity (Wildman–Crippen MR) is 242 cm³/mol. The third kappa shape index (κ3) is 6.28. The number of rotatable bonds is 7. The maximum Gasteiger partial charge on any atom is 0.141 e. The Hall–Kier alpha value is -7.83. The first-order valence-electron chi connectivity index (χ1n) is 20.0. The quantitative estimate of drug-likeness (QED) is 0.159. The SMILES string of the molecule is C1=CNC(c2nc3c4cnccc4c4ccccc4c3n2-c2ccc(-c3ccc(C4=CC(c5ccc(-c6ccccc6)cc5)NC(c5ccccc5)=N4)cc3)cc2)C=C1. The molecular formula is C53H38N6. The first-order chi connectivity index (χ1) is 29.2. The zero-order chi connectivity index (χ0) is 39.1. The van der Waals surface area contributed by atoms with Crippen LogP contribution >= 0.6 is 0 Å². The smallest absolute Gasteiger partial charge is 0.141 e. The monoisotopic (exact) mass is 758 g/mol. The summed E-state index contributed by atoms with van der Waals surface area (Å²) in [5.41, 5.74) is 12.0. The van der Waals surface area contributed by atoms with Crippen molar-refractivity contribution < 1.29 is 0 Å². The van der Waals surface area contributed by atoms with Crippen LogP contribution in [0.3, 0.4) is 0 Å². The number of dihydropyridines is 1. The minimum absolute atomic E-state index is 0.0411. The van der Waals surface area contributed by atoms with E-state index < -0.39 is 0 Å². The van der Waals surface area contributed by atoms with Crippen molar-refractivity contribution in [2.24, 2.45) is 4.99 Å². The number of nitrogens with zero attached hydrogens (tertiary/aromatic N) is 4. The van der Waals surface area contributed by atoms with Crippen LogP contribution in [0.4, 0.5) is 0 Å². The Morgan fingerprint density at radius 1 is 0.508 bits per heavy atom. The van der Waals surface area contributed by atoms with Crippen LogP contribution in [0.25, 0.3) is 66.2 Å². The van der Waals surface area contributed by atoms with E-state index in [1.54, 1.807) is 0 Å². The number of pyridine rings is 1. The van der Waals surface area contributed by atoms with Crippen LogP contribution in [-0.4, -0.2) is 20.4 Å². The summed E-state index contributed by atoms with van der Waals surface area (Å²) < 4.78 is 2.32. The molecule has 2 atom stereocenters. The first kappa shape index (κ1) is 34.4. The molecule has 2 N–H and O–H groups in total. The maximum absolute atomic E-state index is 5.35. The number of fused-ring (bicyclic) bond motifs is 6. The van der Waals surface area contributed by atoms with Crippen LogP contribution < -0.4 is 10.6 Å². The number of hydrogen-bond acceptors (Lipinski definition) is 5. The third-order valence-corrected chi connectivity index (χ3v) is 11.4. The van der Waals surface area contributed by atoms with E-state index in [0.717, 1.165) is 72.5 Å². The molecule has 59 heavy (non-hydrogen) atoms. The van der Waals surface area contributed by atoms with Crippen LogP contribution in [-0.2, 0) is 0 Å². The number of aliphatic imine (C=N–C) groups is 1. The zero-order valence-electron chi connectivity index (χ0n) is 32.1. The van der Waals surface area contributed by atoms with Crippen LogP contribution in [0.15, 0.2) is 212 Å². The molecule has 280 valence electrons. The Bertz CT molecular complexity index is 3120. The van der Waals surface area contributed by atoms with Gasteiger partial charge in [0.25, 0.3) is 0 Å². The Kier molecular flexibility index (Phi) is 8.51. The summed E-state index contributed by atoms with van der Waals surface area (Å²) in [6, 6.07) is 57.9. The lowest BCUT2D eigenvalue weighted by atomic mass is 9.97. The highest BCUT2D eigenvalue weighted by atomic mass is 15.1. The fourth-order valence-corrected chi connectivity index (χ4v) is 8.46. The van der Waals surface area contributed by atoms with Crippen LogP contribution in [0.2, 0.25) is 0 Å². The van der Waals surface area contributed by atoms with Crippen molar-refractivity contribution in [2.75, 3.05) is 0 Å². The number of amidine groups is 1. The van der Waals surface area contributed by atoms with Gasteiger partial charge in [0.2, 0.25) is 0 Å². The molecule has 0 radical (unpaired) electrons. The largest absolute Gasteiger partial charge is 0.378 e. The molecule has 7 aromatic carbocycles. The number of hydrogen-bond donors (Lipinski definition) is 2. The van der Waals surface area contributed by atoms with E-state index in [9.17, 15) is 0 Å². The van der Waals surface area contributed by atoms with Crippen LogP contribution in [0.1, 0.15) is 34.6 Å². The second kappa shape index (κ2) is 14.6. The van der Waals surface area contributed by atoms with Crippen molar-refractivity contribution in [1.82, 2.24) is 25.2 Å². The standard InChI is InChI=1S/C53H38N6/c1-3-11-35(12-4-1)36-18-22-39(23-19-36)48-33-49(57-52(56-48)41-13-5-2-6-14-41)40-24-20-37(21-25-40)38-26-28-42(29-27-38)59-51-45-16-8-7-15-43(45)44-30-32-54-34-46(44)50(51)58-53(59)47-17-9-10-31-55-47/h1-34,47-48,55H,(H,56,57). The fraction of sp³-hybridized carbons (Fsp3) is 0.0377. The van der Waals surface area contributed by atoms with Crippen LogP contribution in [0, 0.1) is 0 Å². The first-order valence-corrected chi connectivity index (χ1v) is 20.0. The summed E-state index contributed by atoms with van der Waals surface area (Å²) >= 11 is 0. The molecule has 0 amide bonds. The Balaban J connectivity index is 0.946. The van der Waals surface area contributed by atoms with Crippen molar-refractivity contribution in [2.45, 2.75) is 12.1 Å². The highest BCUT2D eigenvalue weighted by Gasteiger charge is 2.24.